The number of nitrogens with zero attached hydrogens (tertiary/aromatic N) is 2. The van der Waals surface area contributed by atoms with Crippen molar-refractivity contribution in [3.05, 3.63) is 30.1 Å². The summed E-state index contributed by atoms with van der Waals surface area (Å²) in [6.07, 6.45) is 11.2. The summed E-state index contributed by atoms with van der Waals surface area (Å²) in [5.41, 5.74) is 1.32. The molecule has 6 nitrogen and oxygen atoms in total. The molecule has 0 spiro atoms. The van der Waals surface area contributed by atoms with Crippen molar-refractivity contribution in [3.63, 3.8) is 0 Å². The third kappa shape index (κ3) is 9.74. The molecular formula is C18H28N3O3+. The lowest BCUT2D eigenvalue weighted by Crippen LogP contribution is -2.37. The molecule has 0 bridgehead atoms. The highest BCUT2D eigenvalue weighted by Crippen LogP contribution is 1.99. The Hall–Kier alpha value is -2.20. The standard InChI is InChI=1S/C18H27N3O3/c1-2-7-17-8-12-21(13-9-17)14-15-24-18(23)20-11-6-4-3-5-10-19-16-22/h8-9,12-13H,2-7,10-11,14-15H2,1H3/p+1. The van der Waals surface area contributed by atoms with E-state index in [1.807, 2.05) is 17.0 Å². The van der Waals surface area contributed by atoms with Gasteiger partial charge in [0.1, 0.15) is 0 Å². The van der Waals surface area contributed by atoms with E-state index in [1.165, 1.54) is 11.6 Å². The molecule has 0 aliphatic rings. The number of hydrogen-bond donors (Lipinski definition) is 1. The second kappa shape index (κ2) is 13.3. The van der Waals surface area contributed by atoms with Crippen LogP contribution in [0.4, 0.5) is 4.79 Å². The Bertz CT molecular complexity index is 511. The number of carbonyl (C=O) groups excluding carboxylic acids is 2. The normalized spacial score (nSPS) is 10.0. The molecule has 1 aromatic heterocycles. The van der Waals surface area contributed by atoms with E-state index in [0.717, 1.165) is 38.5 Å². The van der Waals surface area contributed by atoms with E-state index in [2.05, 4.69) is 29.4 Å². The number of unbranched alkanes of at least 4 members (excludes halogenated alkanes) is 3. The Morgan fingerprint density at radius 1 is 1.25 bits per heavy atom. The van der Waals surface area contributed by atoms with E-state index in [4.69, 9.17) is 4.74 Å². The van der Waals surface area contributed by atoms with Gasteiger partial charge in [-0.05, 0) is 24.8 Å². The fraction of sp³-hybridized carbons (Fsp3) is 0.611. The van der Waals surface area contributed by atoms with E-state index in [1.54, 1.807) is 0 Å². The van der Waals surface area contributed by atoms with Crippen LogP contribution in [0.15, 0.2) is 29.5 Å². The van der Waals surface area contributed by atoms with Crippen molar-refractivity contribution >= 4 is 12.2 Å². The number of aryl methyl sites for hydroxylation is 1. The van der Waals surface area contributed by atoms with Crippen molar-refractivity contribution in [2.24, 2.45) is 4.99 Å². The highest BCUT2D eigenvalue weighted by atomic mass is 16.5. The van der Waals surface area contributed by atoms with Gasteiger partial charge in [-0.3, -0.25) is 0 Å². The minimum absolute atomic E-state index is 0.354. The van der Waals surface area contributed by atoms with E-state index >= 15 is 0 Å². The summed E-state index contributed by atoms with van der Waals surface area (Å²) >= 11 is 0. The lowest BCUT2D eigenvalue weighted by molar-refractivity contribution is -0.697. The number of nitrogens with one attached hydrogen (secondary N) is 1. The number of rotatable bonds is 12. The molecule has 6 heteroatoms. The van der Waals surface area contributed by atoms with Crippen molar-refractivity contribution in [2.75, 3.05) is 19.7 Å². The van der Waals surface area contributed by atoms with Gasteiger partial charge >= 0.3 is 6.09 Å². The zero-order chi connectivity index (χ0) is 17.5. The van der Waals surface area contributed by atoms with Gasteiger partial charge in [-0.15, -0.1) is 0 Å². The Balaban J connectivity index is 2.02. The minimum Gasteiger partial charge on any atom is -0.443 e. The number of aromatic nitrogens is 1. The Morgan fingerprint density at radius 3 is 2.71 bits per heavy atom. The molecule has 1 rings (SSSR count). The van der Waals surface area contributed by atoms with Gasteiger partial charge in [-0.1, -0.05) is 26.2 Å². The molecule has 0 fully saturated rings. The second-order valence-corrected chi connectivity index (χ2v) is 5.64. The van der Waals surface area contributed by atoms with Crippen LogP contribution < -0.4 is 9.88 Å². The summed E-state index contributed by atoms with van der Waals surface area (Å²) in [4.78, 5) is 24.9. The summed E-state index contributed by atoms with van der Waals surface area (Å²) in [6, 6.07) is 4.20. The molecule has 0 atom stereocenters. The van der Waals surface area contributed by atoms with Crippen LogP contribution in [0.2, 0.25) is 0 Å². The Kier molecular flexibility index (Phi) is 11.0. The molecule has 0 aromatic carbocycles. The number of isocyanates is 1. The van der Waals surface area contributed by atoms with E-state index in [0.29, 0.717) is 26.2 Å². The average molecular weight is 334 g/mol. The van der Waals surface area contributed by atoms with Crippen LogP contribution in [0.3, 0.4) is 0 Å². The van der Waals surface area contributed by atoms with Gasteiger partial charge in [-0.2, -0.15) is 0 Å². The highest BCUT2D eigenvalue weighted by molar-refractivity contribution is 5.66. The smallest absolute Gasteiger partial charge is 0.407 e. The predicted octanol–water partition coefficient (Wildman–Crippen LogP) is 2.55. The van der Waals surface area contributed by atoms with Crippen LogP contribution in [0.1, 0.15) is 44.6 Å². The molecule has 1 amide bonds. The zero-order valence-electron chi connectivity index (χ0n) is 14.5. The highest BCUT2D eigenvalue weighted by Gasteiger charge is 2.05. The Morgan fingerprint density at radius 2 is 2.00 bits per heavy atom. The van der Waals surface area contributed by atoms with Crippen molar-refractivity contribution < 1.29 is 18.9 Å². The van der Waals surface area contributed by atoms with Crippen LogP contribution in [0.5, 0.6) is 0 Å². The third-order valence-corrected chi connectivity index (χ3v) is 3.61. The average Bonchev–Trinajstić information content (AvgIpc) is 2.59. The molecule has 1 N–H and O–H groups in total. The molecule has 0 aliphatic carbocycles. The molecule has 0 unspecified atom stereocenters. The molecule has 0 saturated carbocycles. The van der Waals surface area contributed by atoms with Crippen LogP contribution in [-0.2, 0) is 22.5 Å². The summed E-state index contributed by atoms with van der Waals surface area (Å²) in [5.74, 6) is 0. The van der Waals surface area contributed by atoms with E-state index in [-0.39, 0.29) is 6.09 Å². The van der Waals surface area contributed by atoms with Gasteiger partial charge in [0.25, 0.3) is 0 Å². The van der Waals surface area contributed by atoms with E-state index < -0.39 is 0 Å². The number of ether oxygens (including phenoxy) is 1. The maximum absolute atomic E-state index is 11.5. The molecule has 1 aromatic rings. The lowest BCUT2D eigenvalue weighted by Gasteiger charge is -2.05. The summed E-state index contributed by atoms with van der Waals surface area (Å²) in [6.45, 7) is 4.31. The first-order valence-electron chi connectivity index (χ1n) is 8.68. The minimum atomic E-state index is -0.372. The van der Waals surface area contributed by atoms with Gasteiger partial charge < -0.3 is 10.1 Å². The predicted molar refractivity (Wildman–Crippen MR) is 91.4 cm³/mol. The van der Waals surface area contributed by atoms with E-state index in [9.17, 15) is 9.59 Å². The molecule has 132 valence electrons. The van der Waals surface area contributed by atoms with Gasteiger partial charge in [0.05, 0.1) is 6.54 Å². The monoisotopic (exact) mass is 334 g/mol. The SMILES string of the molecule is CCCc1cc[n+](CCOC(=O)NCCCCCCN=C=O)cc1. The first-order valence-corrected chi connectivity index (χ1v) is 8.68. The topological polar surface area (TPSA) is 71.6 Å². The molecule has 0 saturated heterocycles. The van der Waals surface area contributed by atoms with Gasteiger partial charge in [0.15, 0.2) is 25.5 Å². The van der Waals surface area contributed by atoms with Gasteiger partial charge in [0.2, 0.25) is 6.08 Å². The Labute approximate surface area is 143 Å². The maximum atomic E-state index is 11.5. The molecule has 0 radical (unpaired) electrons. The van der Waals surface area contributed by atoms with Gasteiger partial charge in [0, 0.05) is 18.7 Å². The first kappa shape index (κ1) is 19.8. The fourth-order valence-corrected chi connectivity index (χ4v) is 2.29. The second-order valence-electron chi connectivity index (χ2n) is 5.64. The quantitative estimate of drug-likeness (QED) is 0.276. The molecular weight excluding hydrogens is 306 g/mol. The first-order chi connectivity index (χ1) is 11.8. The molecule has 1 heterocycles. The molecule has 0 aliphatic heterocycles. The number of amides is 1. The summed E-state index contributed by atoms with van der Waals surface area (Å²) in [5, 5.41) is 2.74. The van der Waals surface area contributed by atoms with Crippen LogP contribution in [0, 0.1) is 0 Å². The number of pyridine rings is 1. The van der Waals surface area contributed by atoms with Crippen molar-refractivity contribution in [3.8, 4) is 0 Å². The van der Waals surface area contributed by atoms with Crippen molar-refractivity contribution in [1.82, 2.24) is 5.32 Å². The van der Waals surface area contributed by atoms with Crippen LogP contribution in [-0.4, -0.2) is 31.9 Å². The summed E-state index contributed by atoms with van der Waals surface area (Å²) < 4.78 is 7.16. The molecule has 24 heavy (non-hydrogen) atoms. The fourth-order valence-electron chi connectivity index (χ4n) is 2.29. The van der Waals surface area contributed by atoms with Crippen LogP contribution >= 0.6 is 0 Å². The van der Waals surface area contributed by atoms with Gasteiger partial charge in [-0.25, -0.2) is 19.1 Å². The number of alkyl carbamates (subject to hydrolysis) is 1. The maximum Gasteiger partial charge on any atom is 0.407 e. The van der Waals surface area contributed by atoms with Crippen molar-refractivity contribution in [1.29, 1.82) is 0 Å². The number of hydrogen-bond acceptors (Lipinski definition) is 4. The third-order valence-electron chi connectivity index (χ3n) is 3.61. The number of carbonyl (C=O) groups is 1. The zero-order valence-corrected chi connectivity index (χ0v) is 14.5. The largest absolute Gasteiger partial charge is 0.443 e. The van der Waals surface area contributed by atoms with Crippen LogP contribution in [0.25, 0.3) is 0 Å². The lowest BCUT2D eigenvalue weighted by atomic mass is 10.2. The van der Waals surface area contributed by atoms with Crippen molar-refractivity contribution in [2.45, 2.75) is 52.0 Å². The number of aliphatic imine (C=N–C) groups is 1. The summed E-state index contributed by atoms with van der Waals surface area (Å²) in [7, 11) is 0.